The minimum Gasteiger partial charge on any atom is -0.479 e. The molecule has 1 aliphatic heterocycles. The molecule has 0 spiro atoms. The van der Waals surface area contributed by atoms with Gasteiger partial charge in [-0.25, -0.2) is 8.42 Å². The Balaban J connectivity index is 1.93. The van der Waals surface area contributed by atoms with Gasteiger partial charge in [-0.15, -0.1) is 0 Å². The zero-order valence-corrected chi connectivity index (χ0v) is 16.5. The highest BCUT2D eigenvalue weighted by Gasteiger charge is 2.26. The molecule has 148 valence electrons. The Bertz CT molecular complexity index is 1050. The largest absolute Gasteiger partial charge is 0.479 e. The maximum Gasteiger partial charge on any atom is 0.265 e. The second kappa shape index (κ2) is 7.51. The normalized spacial score (nSPS) is 15.8. The first-order chi connectivity index (χ1) is 13.2. The van der Waals surface area contributed by atoms with Crippen LogP contribution in [0.3, 0.4) is 0 Å². The van der Waals surface area contributed by atoms with Gasteiger partial charge in [-0.05, 0) is 49.2 Å². The highest BCUT2D eigenvalue weighted by atomic mass is 32.2. The number of benzene rings is 2. The molecule has 1 unspecified atom stereocenters. The minimum atomic E-state index is -3.93. The minimum absolute atomic E-state index is 0.0170. The van der Waals surface area contributed by atoms with Crippen LogP contribution >= 0.6 is 0 Å². The van der Waals surface area contributed by atoms with Crippen LogP contribution in [0.25, 0.3) is 0 Å². The lowest BCUT2D eigenvalue weighted by Crippen LogP contribution is -2.34. The number of aryl methyl sites for hydroxylation is 1. The van der Waals surface area contributed by atoms with Crippen LogP contribution < -0.4 is 20.1 Å². The van der Waals surface area contributed by atoms with Gasteiger partial charge in [0.15, 0.2) is 6.10 Å². The average molecular weight is 403 g/mol. The van der Waals surface area contributed by atoms with Crippen LogP contribution in [0.15, 0.2) is 41.3 Å². The summed E-state index contributed by atoms with van der Waals surface area (Å²) in [6.07, 6.45) is -0.0406. The quantitative estimate of drug-likeness (QED) is 0.710. The molecule has 2 aromatic rings. The summed E-state index contributed by atoms with van der Waals surface area (Å²) in [4.78, 5) is 23.0. The van der Waals surface area contributed by atoms with E-state index in [1.165, 1.54) is 25.1 Å². The molecule has 0 aromatic heterocycles. The van der Waals surface area contributed by atoms with Crippen molar-refractivity contribution >= 4 is 38.9 Å². The summed E-state index contributed by atoms with van der Waals surface area (Å²) in [5.41, 5.74) is 1.94. The number of hydrogen-bond donors (Lipinski definition) is 3. The van der Waals surface area contributed by atoms with Crippen LogP contribution in [-0.2, 0) is 26.0 Å². The Labute approximate surface area is 163 Å². The summed E-state index contributed by atoms with van der Waals surface area (Å²) in [5, 5.41) is 5.27. The predicted octanol–water partition coefficient (Wildman–Crippen LogP) is 2.73. The number of rotatable bonds is 5. The maximum atomic E-state index is 12.9. The van der Waals surface area contributed by atoms with Gasteiger partial charge < -0.3 is 15.4 Å². The third-order valence-corrected chi connectivity index (χ3v) is 5.61. The number of anilines is 3. The first-order valence-corrected chi connectivity index (χ1v) is 10.2. The summed E-state index contributed by atoms with van der Waals surface area (Å²) >= 11 is 0. The van der Waals surface area contributed by atoms with E-state index < -0.39 is 16.1 Å². The Morgan fingerprint density at radius 3 is 2.64 bits per heavy atom. The molecule has 3 N–H and O–H groups in total. The van der Waals surface area contributed by atoms with Crippen LogP contribution in [0.5, 0.6) is 5.75 Å². The molecule has 0 saturated carbocycles. The van der Waals surface area contributed by atoms with Gasteiger partial charge in [0.25, 0.3) is 15.9 Å². The monoisotopic (exact) mass is 403 g/mol. The third kappa shape index (κ3) is 4.09. The zero-order chi connectivity index (χ0) is 20.5. The molecular formula is C19H21N3O5S. The van der Waals surface area contributed by atoms with E-state index in [0.717, 1.165) is 5.56 Å². The lowest BCUT2D eigenvalue weighted by atomic mass is 10.1. The SMILES string of the molecule is CCc1ccc(NC(C)=O)cc1NS(=O)(=O)c1ccc2c(c1)NC(=O)C(C)O2. The molecule has 0 aliphatic carbocycles. The van der Waals surface area contributed by atoms with Crippen molar-refractivity contribution in [3.8, 4) is 5.75 Å². The fourth-order valence-corrected chi connectivity index (χ4v) is 3.94. The molecule has 3 rings (SSSR count). The fraction of sp³-hybridized carbons (Fsp3) is 0.263. The van der Waals surface area contributed by atoms with Crippen LogP contribution in [-0.4, -0.2) is 26.3 Å². The maximum absolute atomic E-state index is 12.9. The standard InChI is InChI=1S/C19H21N3O5S/c1-4-13-5-6-14(20-12(3)23)9-16(13)22-28(25,26)15-7-8-18-17(10-15)21-19(24)11(2)27-18/h5-11,22H,4H2,1-3H3,(H,20,23)(H,21,24). The van der Waals surface area contributed by atoms with E-state index in [1.807, 2.05) is 6.92 Å². The molecule has 0 saturated heterocycles. The molecule has 2 amide bonds. The molecule has 2 aromatic carbocycles. The Morgan fingerprint density at radius 1 is 1.21 bits per heavy atom. The topological polar surface area (TPSA) is 114 Å². The van der Waals surface area contributed by atoms with E-state index >= 15 is 0 Å². The molecule has 0 bridgehead atoms. The van der Waals surface area contributed by atoms with Crippen molar-refractivity contribution in [3.05, 3.63) is 42.0 Å². The smallest absolute Gasteiger partial charge is 0.265 e. The molecule has 1 heterocycles. The molecule has 8 nitrogen and oxygen atoms in total. The fourth-order valence-electron chi connectivity index (χ4n) is 2.82. The van der Waals surface area contributed by atoms with E-state index in [9.17, 15) is 18.0 Å². The van der Waals surface area contributed by atoms with Crippen molar-refractivity contribution < 1.29 is 22.7 Å². The summed E-state index contributed by atoms with van der Waals surface area (Å²) in [7, 11) is -3.93. The number of carbonyl (C=O) groups excluding carboxylic acids is 2. The van der Waals surface area contributed by atoms with Crippen LogP contribution in [0.4, 0.5) is 17.1 Å². The molecule has 9 heteroatoms. The van der Waals surface area contributed by atoms with Crippen LogP contribution in [0.1, 0.15) is 26.3 Å². The lowest BCUT2D eigenvalue weighted by molar-refractivity contribution is -0.122. The van der Waals surface area contributed by atoms with E-state index in [2.05, 4.69) is 15.4 Å². The average Bonchev–Trinajstić information content (AvgIpc) is 2.61. The molecule has 1 aliphatic rings. The number of carbonyl (C=O) groups is 2. The third-order valence-electron chi connectivity index (χ3n) is 4.25. The summed E-state index contributed by atoms with van der Waals surface area (Å²) in [6.45, 7) is 4.89. The van der Waals surface area contributed by atoms with Gasteiger partial charge in [0, 0.05) is 12.6 Å². The van der Waals surface area contributed by atoms with E-state index in [-0.39, 0.29) is 16.7 Å². The summed E-state index contributed by atoms with van der Waals surface area (Å²) < 4.78 is 33.8. The molecular weight excluding hydrogens is 382 g/mol. The van der Waals surface area contributed by atoms with Gasteiger partial charge in [0.05, 0.1) is 16.3 Å². The van der Waals surface area contributed by atoms with Gasteiger partial charge in [0.1, 0.15) is 5.75 Å². The lowest BCUT2D eigenvalue weighted by Gasteiger charge is -2.23. The van der Waals surface area contributed by atoms with Crippen molar-refractivity contribution in [3.63, 3.8) is 0 Å². The van der Waals surface area contributed by atoms with E-state index in [0.29, 0.717) is 29.2 Å². The summed E-state index contributed by atoms with van der Waals surface area (Å²) in [6, 6.07) is 9.31. The number of sulfonamides is 1. The molecule has 28 heavy (non-hydrogen) atoms. The number of ether oxygens (including phenoxy) is 1. The van der Waals surface area contributed by atoms with Gasteiger partial charge in [-0.2, -0.15) is 0 Å². The number of amides is 2. The van der Waals surface area contributed by atoms with Gasteiger partial charge in [0.2, 0.25) is 5.91 Å². The predicted molar refractivity (Wildman–Crippen MR) is 106 cm³/mol. The van der Waals surface area contributed by atoms with Crippen molar-refractivity contribution in [1.29, 1.82) is 0 Å². The van der Waals surface area contributed by atoms with Crippen molar-refractivity contribution in [2.75, 3.05) is 15.4 Å². The van der Waals surface area contributed by atoms with E-state index in [4.69, 9.17) is 4.74 Å². The molecule has 1 atom stereocenters. The van der Waals surface area contributed by atoms with Crippen LogP contribution in [0.2, 0.25) is 0 Å². The van der Waals surface area contributed by atoms with Gasteiger partial charge in [-0.3, -0.25) is 14.3 Å². The molecule has 0 fully saturated rings. The Hall–Kier alpha value is -3.07. The Kier molecular flexibility index (Phi) is 5.28. The highest BCUT2D eigenvalue weighted by molar-refractivity contribution is 7.92. The van der Waals surface area contributed by atoms with Gasteiger partial charge in [-0.1, -0.05) is 13.0 Å². The van der Waals surface area contributed by atoms with Gasteiger partial charge >= 0.3 is 0 Å². The van der Waals surface area contributed by atoms with Crippen LogP contribution in [0, 0.1) is 0 Å². The number of nitrogens with one attached hydrogen (secondary N) is 3. The first-order valence-electron chi connectivity index (χ1n) is 8.74. The van der Waals surface area contributed by atoms with E-state index in [1.54, 1.807) is 25.1 Å². The summed E-state index contributed by atoms with van der Waals surface area (Å²) in [5.74, 6) is -0.183. The number of fused-ring (bicyclic) bond motifs is 1. The highest BCUT2D eigenvalue weighted by Crippen LogP contribution is 2.33. The zero-order valence-electron chi connectivity index (χ0n) is 15.7. The second-order valence-electron chi connectivity index (χ2n) is 6.42. The first kappa shape index (κ1) is 19.7. The Morgan fingerprint density at radius 2 is 1.96 bits per heavy atom. The number of hydrogen-bond acceptors (Lipinski definition) is 5. The van der Waals surface area contributed by atoms with Crippen molar-refractivity contribution in [1.82, 2.24) is 0 Å². The van der Waals surface area contributed by atoms with Crippen molar-refractivity contribution in [2.24, 2.45) is 0 Å². The second-order valence-corrected chi connectivity index (χ2v) is 8.10. The molecule has 0 radical (unpaired) electrons. The van der Waals surface area contributed by atoms with Crippen molar-refractivity contribution in [2.45, 2.75) is 38.2 Å².